The van der Waals surface area contributed by atoms with Crippen molar-refractivity contribution in [3.8, 4) is 5.75 Å². The summed E-state index contributed by atoms with van der Waals surface area (Å²) in [5.74, 6) is 0.354. The Morgan fingerprint density at radius 1 is 1.10 bits per heavy atom. The van der Waals surface area contributed by atoms with Gasteiger partial charge in [0, 0.05) is 41.7 Å². The second kappa shape index (κ2) is 11.5. The highest BCUT2D eigenvalue weighted by atomic mass is 16.6. The fourth-order valence-corrected chi connectivity index (χ4v) is 5.02. The van der Waals surface area contributed by atoms with Gasteiger partial charge in [-0.05, 0) is 95.5 Å². The Bertz CT molecular complexity index is 1380. The predicted octanol–water partition coefficient (Wildman–Crippen LogP) is 6.57. The van der Waals surface area contributed by atoms with Gasteiger partial charge in [-0.25, -0.2) is 9.59 Å². The molecular weight excluding hydrogens is 496 g/mol. The summed E-state index contributed by atoms with van der Waals surface area (Å²) >= 11 is 0. The molecule has 0 radical (unpaired) electrons. The van der Waals surface area contributed by atoms with Gasteiger partial charge in [-0.1, -0.05) is 0 Å². The first kappa shape index (κ1) is 28.2. The molecule has 0 bridgehead atoms. The Morgan fingerprint density at radius 3 is 2.44 bits per heavy atom. The molecule has 1 fully saturated rings. The van der Waals surface area contributed by atoms with E-state index in [1.165, 1.54) is 7.11 Å². The van der Waals surface area contributed by atoms with Crippen LogP contribution in [0, 0.1) is 6.92 Å². The molecule has 0 aliphatic carbocycles. The molecule has 1 atom stereocenters. The lowest BCUT2D eigenvalue weighted by molar-refractivity contribution is 0.0542. The number of methoxy groups -OCH3 is 2. The fraction of sp³-hybridized carbons (Fsp3) is 0.419. The molecule has 2 heterocycles. The molecule has 1 aliphatic rings. The Hall–Kier alpha value is -3.78. The number of hydrogen-bond acceptors (Lipinski definition) is 7. The fourth-order valence-electron chi connectivity index (χ4n) is 5.02. The van der Waals surface area contributed by atoms with Crippen LogP contribution in [0.4, 0.5) is 10.5 Å². The lowest BCUT2D eigenvalue weighted by Crippen LogP contribution is -2.38. The van der Waals surface area contributed by atoms with Gasteiger partial charge >= 0.3 is 12.1 Å². The van der Waals surface area contributed by atoms with E-state index in [0.717, 1.165) is 52.0 Å². The number of carbonyl (C=O) groups excluding carboxylic acids is 2. The van der Waals surface area contributed by atoms with E-state index in [-0.39, 0.29) is 12.1 Å². The summed E-state index contributed by atoms with van der Waals surface area (Å²) in [7, 11) is 3.03. The average molecular weight is 535 g/mol. The van der Waals surface area contributed by atoms with Gasteiger partial charge in [-0.15, -0.1) is 0 Å². The zero-order valence-corrected chi connectivity index (χ0v) is 23.9. The van der Waals surface area contributed by atoms with Crippen molar-refractivity contribution in [2.75, 3.05) is 32.3 Å². The topological polar surface area (TPSA) is 79.2 Å². The number of aryl methyl sites for hydroxylation is 1. The third kappa shape index (κ3) is 6.11. The number of aromatic nitrogens is 1. The smallest absolute Gasteiger partial charge is 0.419 e. The molecule has 0 spiro atoms. The van der Waals surface area contributed by atoms with Crippen molar-refractivity contribution in [3.05, 3.63) is 65.0 Å². The summed E-state index contributed by atoms with van der Waals surface area (Å²) in [5, 5.41) is 0.901. The molecular formula is C31H38N2O6. The van der Waals surface area contributed by atoms with E-state index in [9.17, 15) is 9.59 Å². The van der Waals surface area contributed by atoms with Crippen LogP contribution in [0.5, 0.6) is 5.75 Å². The minimum Gasteiger partial charge on any atom is -0.496 e. The number of benzene rings is 2. The summed E-state index contributed by atoms with van der Waals surface area (Å²) in [4.78, 5) is 27.2. The highest BCUT2D eigenvalue weighted by Crippen LogP contribution is 2.37. The third-order valence-electron chi connectivity index (χ3n) is 6.74. The summed E-state index contributed by atoms with van der Waals surface area (Å²) in [6, 6.07) is 11.3. The van der Waals surface area contributed by atoms with Gasteiger partial charge in [-0.3, -0.25) is 4.57 Å². The Morgan fingerprint density at radius 2 is 1.82 bits per heavy atom. The van der Waals surface area contributed by atoms with Crippen LogP contribution in [-0.4, -0.2) is 55.7 Å². The molecule has 4 rings (SSSR count). The van der Waals surface area contributed by atoms with E-state index in [1.54, 1.807) is 30.0 Å². The van der Waals surface area contributed by atoms with Gasteiger partial charge in [0.05, 0.1) is 31.4 Å². The van der Waals surface area contributed by atoms with E-state index in [1.807, 2.05) is 58.9 Å². The minimum absolute atomic E-state index is 0.0839. The first-order valence-corrected chi connectivity index (χ1v) is 13.3. The highest BCUT2D eigenvalue weighted by Gasteiger charge is 2.27. The van der Waals surface area contributed by atoms with E-state index in [2.05, 4.69) is 11.0 Å². The SMILES string of the molecule is CCOC1CC/C(=C\c2c(OC)cc(C)c3c2ccn3C(=O)OC(C)(C)C)N(c2ccc(C(=O)OC)cc2)C1. The van der Waals surface area contributed by atoms with E-state index in [4.69, 9.17) is 18.9 Å². The third-order valence-corrected chi connectivity index (χ3v) is 6.74. The summed E-state index contributed by atoms with van der Waals surface area (Å²) in [6.45, 7) is 10.8. The van der Waals surface area contributed by atoms with Crippen molar-refractivity contribution >= 4 is 34.7 Å². The monoisotopic (exact) mass is 534 g/mol. The molecule has 1 aromatic heterocycles. The molecule has 1 unspecified atom stereocenters. The first-order chi connectivity index (χ1) is 18.6. The molecule has 0 saturated carbocycles. The molecule has 1 saturated heterocycles. The summed E-state index contributed by atoms with van der Waals surface area (Å²) in [6.07, 6.45) is 5.22. The second-order valence-corrected chi connectivity index (χ2v) is 10.6. The number of nitrogens with zero attached hydrogens (tertiary/aromatic N) is 2. The van der Waals surface area contributed by atoms with Crippen LogP contribution in [0.15, 0.2) is 48.3 Å². The molecule has 8 nitrogen and oxygen atoms in total. The molecule has 208 valence electrons. The van der Waals surface area contributed by atoms with Gasteiger partial charge in [0.25, 0.3) is 0 Å². The number of hydrogen-bond donors (Lipinski definition) is 0. The number of anilines is 1. The normalized spacial score (nSPS) is 16.9. The molecule has 0 N–H and O–H groups in total. The number of ether oxygens (including phenoxy) is 4. The molecule has 1 aliphatic heterocycles. The molecule has 3 aromatic rings. The van der Waals surface area contributed by atoms with Gasteiger partial charge in [0.2, 0.25) is 0 Å². The number of esters is 1. The van der Waals surface area contributed by atoms with E-state index in [0.29, 0.717) is 18.7 Å². The average Bonchev–Trinajstić information content (AvgIpc) is 3.36. The Kier molecular flexibility index (Phi) is 8.35. The zero-order valence-electron chi connectivity index (χ0n) is 23.9. The van der Waals surface area contributed by atoms with Crippen LogP contribution >= 0.6 is 0 Å². The van der Waals surface area contributed by atoms with Crippen molar-refractivity contribution in [2.24, 2.45) is 0 Å². The van der Waals surface area contributed by atoms with E-state index >= 15 is 0 Å². The number of piperidine rings is 1. The van der Waals surface area contributed by atoms with Crippen LogP contribution < -0.4 is 9.64 Å². The van der Waals surface area contributed by atoms with E-state index < -0.39 is 11.7 Å². The lowest BCUT2D eigenvalue weighted by Gasteiger charge is -2.36. The number of rotatable bonds is 6. The van der Waals surface area contributed by atoms with Crippen LogP contribution in [-0.2, 0) is 14.2 Å². The maximum Gasteiger partial charge on any atom is 0.419 e. The van der Waals surface area contributed by atoms with Gasteiger partial charge in [0.1, 0.15) is 11.4 Å². The van der Waals surface area contributed by atoms with Crippen molar-refractivity contribution in [3.63, 3.8) is 0 Å². The van der Waals surface area contributed by atoms with Gasteiger partial charge < -0.3 is 23.8 Å². The van der Waals surface area contributed by atoms with Crippen LogP contribution in [0.25, 0.3) is 17.0 Å². The molecule has 39 heavy (non-hydrogen) atoms. The largest absolute Gasteiger partial charge is 0.496 e. The maximum absolute atomic E-state index is 13.0. The zero-order chi connectivity index (χ0) is 28.3. The maximum atomic E-state index is 13.0. The minimum atomic E-state index is -0.609. The van der Waals surface area contributed by atoms with Gasteiger partial charge in [0.15, 0.2) is 0 Å². The standard InChI is InChI=1S/C31H38N2O6/c1-8-38-24-14-13-23(33(19-24)22-11-9-21(10-12-22)29(34)37-7)18-26-25-15-16-32(30(35)39-31(3,4)5)28(25)20(2)17-27(26)36-6/h9-12,15-18,24H,8,13-14,19H2,1-7H3/b23-18+. The number of fused-ring (bicyclic) bond motifs is 1. The van der Waals surface area contributed by atoms with Crippen LogP contribution in [0.3, 0.4) is 0 Å². The molecule has 0 amide bonds. The lowest BCUT2D eigenvalue weighted by atomic mass is 9.98. The predicted molar refractivity (Wildman–Crippen MR) is 153 cm³/mol. The first-order valence-electron chi connectivity index (χ1n) is 13.3. The quantitative estimate of drug-likeness (QED) is 0.331. The van der Waals surface area contributed by atoms with Crippen molar-refractivity contribution < 1.29 is 28.5 Å². The number of carbonyl (C=O) groups is 2. The Labute approximate surface area is 230 Å². The van der Waals surface area contributed by atoms with Crippen LogP contribution in [0.2, 0.25) is 0 Å². The Balaban J connectivity index is 1.81. The van der Waals surface area contributed by atoms with Crippen molar-refractivity contribution in [1.82, 2.24) is 4.57 Å². The molecule has 8 heteroatoms. The molecule has 2 aromatic carbocycles. The number of allylic oxidation sites excluding steroid dienone is 1. The highest BCUT2D eigenvalue weighted by molar-refractivity contribution is 5.99. The van der Waals surface area contributed by atoms with Crippen molar-refractivity contribution in [1.29, 1.82) is 0 Å². The summed E-state index contributed by atoms with van der Waals surface area (Å²) in [5.41, 5.74) is 4.51. The summed E-state index contributed by atoms with van der Waals surface area (Å²) < 4.78 is 23.9. The van der Waals surface area contributed by atoms with Crippen LogP contribution in [0.1, 0.15) is 62.0 Å². The second-order valence-electron chi connectivity index (χ2n) is 10.6. The van der Waals surface area contributed by atoms with Gasteiger partial charge in [-0.2, -0.15) is 0 Å². The van der Waals surface area contributed by atoms with Crippen molar-refractivity contribution in [2.45, 2.75) is 59.2 Å².